The first-order valence-electron chi connectivity index (χ1n) is 5.66. The number of aromatic nitrogens is 1. The van der Waals surface area contributed by atoms with Crippen molar-refractivity contribution in [2.24, 2.45) is 5.73 Å². The van der Waals surface area contributed by atoms with Crippen LogP contribution >= 0.6 is 11.6 Å². The molecule has 0 spiro atoms. The first-order chi connectivity index (χ1) is 8.36. The van der Waals surface area contributed by atoms with Crippen LogP contribution < -0.4 is 5.73 Å². The van der Waals surface area contributed by atoms with E-state index in [1.165, 1.54) is 12.3 Å². The molecular formula is C12H13ClF2N2O. The second-order valence-corrected chi connectivity index (χ2v) is 5.06. The van der Waals surface area contributed by atoms with Gasteiger partial charge in [0.1, 0.15) is 5.15 Å². The molecule has 2 rings (SSSR count). The van der Waals surface area contributed by atoms with Crippen molar-refractivity contribution in [2.45, 2.75) is 37.0 Å². The van der Waals surface area contributed by atoms with Gasteiger partial charge in [0.15, 0.2) is 0 Å². The molecule has 0 bridgehead atoms. The fourth-order valence-electron chi connectivity index (χ4n) is 2.38. The van der Waals surface area contributed by atoms with Crippen molar-refractivity contribution in [2.75, 3.05) is 0 Å². The van der Waals surface area contributed by atoms with E-state index in [-0.39, 0.29) is 25.7 Å². The number of rotatable bonds is 2. The lowest BCUT2D eigenvalue weighted by molar-refractivity contribution is -0.128. The molecule has 1 saturated carbocycles. The molecule has 1 aromatic heterocycles. The summed E-state index contributed by atoms with van der Waals surface area (Å²) in [4.78, 5) is 15.6. The number of halogens is 3. The summed E-state index contributed by atoms with van der Waals surface area (Å²) < 4.78 is 26.4. The molecule has 1 aromatic rings. The van der Waals surface area contributed by atoms with Crippen LogP contribution in [-0.4, -0.2) is 16.8 Å². The SMILES string of the molecule is NC(=O)C1(c2ccc(Cl)nc2)CCC(F)(F)CC1. The molecule has 1 fully saturated rings. The Balaban J connectivity index is 2.34. The van der Waals surface area contributed by atoms with Crippen LogP contribution in [-0.2, 0) is 10.2 Å². The summed E-state index contributed by atoms with van der Waals surface area (Å²) in [6.07, 6.45) is 0.852. The number of nitrogens with zero attached hydrogens (tertiary/aromatic N) is 1. The second-order valence-electron chi connectivity index (χ2n) is 4.67. The fraction of sp³-hybridized carbons (Fsp3) is 0.500. The van der Waals surface area contributed by atoms with Gasteiger partial charge in [0, 0.05) is 19.0 Å². The second kappa shape index (κ2) is 4.46. The van der Waals surface area contributed by atoms with Crippen molar-refractivity contribution < 1.29 is 13.6 Å². The summed E-state index contributed by atoms with van der Waals surface area (Å²) in [5, 5.41) is 0.291. The standard InChI is InChI=1S/C12H13ClF2N2O/c13-9-2-1-8(7-17-9)11(10(16)18)3-5-12(14,15)6-4-11/h1-2,7H,3-6H2,(H2,16,18). The highest BCUT2D eigenvalue weighted by Crippen LogP contribution is 2.45. The average Bonchev–Trinajstić information content (AvgIpc) is 2.30. The maximum Gasteiger partial charge on any atom is 0.248 e. The molecule has 0 unspecified atom stereocenters. The Hall–Kier alpha value is -1.23. The topological polar surface area (TPSA) is 56.0 Å². The maximum absolute atomic E-state index is 13.2. The highest BCUT2D eigenvalue weighted by atomic mass is 35.5. The van der Waals surface area contributed by atoms with Gasteiger partial charge < -0.3 is 5.73 Å². The van der Waals surface area contributed by atoms with Crippen LogP contribution in [0.3, 0.4) is 0 Å². The average molecular weight is 275 g/mol. The van der Waals surface area contributed by atoms with Crippen LogP contribution in [0.2, 0.25) is 5.15 Å². The smallest absolute Gasteiger partial charge is 0.248 e. The van der Waals surface area contributed by atoms with Gasteiger partial charge in [-0.2, -0.15) is 0 Å². The predicted octanol–water partition coefficient (Wildman–Crippen LogP) is 2.67. The summed E-state index contributed by atoms with van der Waals surface area (Å²) in [5.41, 5.74) is 4.94. The highest BCUT2D eigenvalue weighted by Gasteiger charge is 2.48. The normalized spacial score (nSPS) is 21.5. The first kappa shape index (κ1) is 13.2. The maximum atomic E-state index is 13.2. The number of carbonyl (C=O) groups excluding carboxylic acids is 1. The van der Waals surface area contributed by atoms with Crippen molar-refractivity contribution in [1.29, 1.82) is 0 Å². The predicted molar refractivity (Wildman–Crippen MR) is 63.5 cm³/mol. The van der Waals surface area contributed by atoms with Gasteiger partial charge in [-0.25, -0.2) is 13.8 Å². The van der Waals surface area contributed by atoms with Crippen molar-refractivity contribution in [3.05, 3.63) is 29.0 Å². The van der Waals surface area contributed by atoms with Crippen LogP contribution in [0.15, 0.2) is 18.3 Å². The zero-order chi connectivity index (χ0) is 13.4. The molecule has 98 valence electrons. The quantitative estimate of drug-likeness (QED) is 0.843. The van der Waals surface area contributed by atoms with E-state index in [1.807, 2.05) is 0 Å². The fourth-order valence-corrected chi connectivity index (χ4v) is 2.49. The molecule has 1 aliphatic carbocycles. The number of nitrogens with two attached hydrogens (primary N) is 1. The molecule has 1 aliphatic rings. The Morgan fingerprint density at radius 1 is 1.28 bits per heavy atom. The van der Waals surface area contributed by atoms with Gasteiger partial charge >= 0.3 is 0 Å². The van der Waals surface area contributed by atoms with E-state index in [2.05, 4.69) is 4.98 Å². The Morgan fingerprint density at radius 3 is 2.33 bits per heavy atom. The van der Waals surface area contributed by atoms with Crippen LogP contribution in [0.5, 0.6) is 0 Å². The van der Waals surface area contributed by atoms with Crippen molar-refractivity contribution >= 4 is 17.5 Å². The molecule has 3 nitrogen and oxygen atoms in total. The van der Waals surface area contributed by atoms with E-state index in [0.717, 1.165) is 0 Å². The van der Waals surface area contributed by atoms with Crippen LogP contribution in [0, 0.1) is 0 Å². The largest absolute Gasteiger partial charge is 0.369 e. The van der Waals surface area contributed by atoms with Crippen molar-refractivity contribution in [1.82, 2.24) is 4.98 Å². The molecule has 2 N–H and O–H groups in total. The van der Waals surface area contributed by atoms with E-state index < -0.39 is 17.2 Å². The third-order valence-corrected chi connectivity index (χ3v) is 3.81. The molecule has 0 aliphatic heterocycles. The Bertz CT molecular complexity index is 452. The molecule has 0 radical (unpaired) electrons. The van der Waals surface area contributed by atoms with Gasteiger partial charge in [-0.3, -0.25) is 4.79 Å². The first-order valence-corrected chi connectivity index (χ1v) is 6.03. The molecule has 0 saturated heterocycles. The zero-order valence-corrected chi connectivity index (χ0v) is 10.4. The number of alkyl halides is 2. The van der Waals surface area contributed by atoms with Crippen LogP contribution in [0.1, 0.15) is 31.2 Å². The Morgan fingerprint density at radius 2 is 1.89 bits per heavy atom. The van der Waals surface area contributed by atoms with Gasteiger partial charge in [0.05, 0.1) is 5.41 Å². The van der Waals surface area contributed by atoms with E-state index >= 15 is 0 Å². The molecular weight excluding hydrogens is 262 g/mol. The number of carbonyl (C=O) groups is 1. The summed E-state index contributed by atoms with van der Waals surface area (Å²) in [5.74, 6) is -3.29. The molecule has 18 heavy (non-hydrogen) atoms. The van der Waals surface area contributed by atoms with Crippen molar-refractivity contribution in [3.8, 4) is 0 Å². The van der Waals surface area contributed by atoms with E-state index in [0.29, 0.717) is 10.7 Å². The minimum atomic E-state index is -2.71. The summed E-state index contributed by atoms with van der Waals surface area (Å²) in [7, 11) is 0. The molecule has 0 aromatic carbocycles. The van der Waals surface area contributed by atoms with Crippen LogP contribution in [0.25, 0.3) is 0 Å². The van der Waals surface area contributed by atoms with Gasteiger partial charge in [-0.05, 0) is 24.5 Å². The lowest BCUT2D eigenvalue weighted by atomic mass is 9.68. The van der Waals surface area contributed by atoms with Gasteiger partial charge in [0.25, 0.3) is 0 Å². The number of hydrogen-bond donors (Lipinski definition) is 1. The molecule has 0 atom stereocenters. The van der Waals surface area contributed by atoms with E-state index in [9.17, 15) is 13.6 Å². The summed E-state index contributed by atoms with van der Waals surface area (Å²) in [6, 6.07) is 3.16. The van der Waals surface area contributed by atoms with Crippen LogP contribution in [0.4, 0.5) is 8.78 Å². The number of amides is 1. The number of primary amides is 1. The molecule has 1 heterocycles. The van der Waals surface area contributed by atoms with E-state index in [1.54, 1.807) is 6.07 Å². The monoisotopic (exact) mass is 274 g/mol. The Kier molecular flexibility index (Phi) is 3.27. The Labute approximate surface area is 108 Å². The van der Waals surface area contributed by atoms with Gasteiger partial charge in [-0.1, -0.05) is 17.7 Å². The summed E-state index contributed by atoms with van der Waals surface area (Å²) >= 11 is 5.67. The van der Waals surface area contributed by atoms with E-state index in [4.69, 9.17) is 17.3 Å². The van der Waals surface area contributed by atoms with Gasteiger partial charge in [0.2, 0.25) is 11.8 Å². The lowest BCUT2D eigenvalue weighted by Crippen LogP contribution is -2.46. The molecule has 1 amide bonds. The zero-order valence-electron chi connectivity index (χ0n) is 9.63. The highest BCUT2D eigenvalue weighted by molar-refractivity contribution is 6.29. The van der Waals surface area contributed by atoms with Crippen molar-refractivity contribution in [3.63, 3.8) is 0 Å². The minimum Gasteiger partial charge on any atom is -0.369 e. The number of pyridine rings is 1. The lowest BCUT2D eigenvalue weighted by Gasteiger charge is -2.37. The summed E-state index contributed by atoms with van der Waals surface area (Å²) in [6.45, 7) is 0. The minimum absolute atomic E-state index is 0.0403. The number of hydrogen-bond acceptors (Lipinski definition) is 2. The third-order valence-electron chi connectivity index (χ3n) is 3.59. The van der Waals surface area contributed by atoms with Gasteiger partial charge in [-0.15, -0.1) is 0 Å². The molecule has 6 heteroatoms. The third kappa shape index (κ3) is 2.32.